The third-order valence-corrected chi connectivity index (χ3v) is 5.13. The Morgan fingerprint density at radius 3 is 2.65 bits per heavy atom. The average molecular weight is 347 g/mol. The normalized spacial score (nSPS) is 19.5. The molecule has 0 saturated carbocycles. The van der Waals surface area contributed by atoms with Crippen LogP contribution in [0.4, 0.5) is 5.69 Å². The highest BCUT2D eigenvalue weighted by molar-refractivity contribution is 5.92. The molecule has 2 aliphatic heterocycles. The van der Waals surface area contributed by atoms with Crippen molar-refractivity contribution in [3.05, 3.63) is 71.4 Å². The number of nitrogens with one attached hydrogen (secondary N) is 1. The van der Waals surface area contributed by atoms with Crippen molar-refractivity contribution in [2.24, 2.45) is 4.99 Å². The van der Waals surface area contributed by atoms with Crippen molar-refractivity contribution in [1.82, 2.24) is 4.90 Å². The second-order valence-corrected chi connectivity index (χ2v) is 7.08. The van der Waals surface area contributed by atoms with E-state index in [9.17, 15) is 5.11 Å². The molecule has 4 rings (SSSR count). The predicted molar refractivity (Wildman–Crippen MR) is 107 cm³/mol. The molecule has 1 saturated heterocycles. The number of hydrogen-bond acceptors (Lipinski definition) is 4. The molecule has 0 radical (unpaired) electrons. The van der Waals surface area contributed by atoms with E-state index in [-0.39, 0.29) is 6.10 Å². The van der Waals surface area contributed by atoms with Crippen LogP contribution in [0.3, 0.4) is 0 Å². The second kappa shape index (κ2) is 7.85. The molecule has 1 fully saturated rings. The molecule has 2 N–H and O–H groups in total. The summed E-state index contributed by atoms with van der Waals surface area (Å²) in [5, 5.41) is 13.0. The van der Waals surface area contributed by atoms with E-state index in [4.69, 9.17) is 0 Å². The van der Waals surface area contributed by atoms with Crippen LogP contribution in [-0.2, 0) is 6.54 Å². The van der Waals surface area contributed by atoms with Gasteiger partial charge in [0.25, 0.3) is 0 Å². The summed E-state index contributed by atoms with van der Waals surface area (Å²) in [4.78, 5) is 6.85. The van der Waals surface area contributed by atoms with Crippen LogP contribution in [0.1, 0.15) is 29.5 Å². The van der Waals surface area contributed by atoms with Crippen LogP contribution in [0.25, 0.3) is 5.57 Å². The fourth-order valence-corrected chi connectivity index (χ4v) is 3.57. The zero-order chi connectivity index (χ0) is 17.8. The number of aliphatic hydroxyl groups is 1. The van der Waals surface area contributed by atoms with E-state index in [0.29, 0.717) is 6.54 Å². The van der Waals surface area contributed by atoms with Gasteiger partial charge < -0.3 is 10.4 Å². The molecule has 26 heavy (non-hydrogen) atoms. The number of nitrogens with zero attached hydrogens (tertiary/aromatic N) is 2. The van der Waals surface area contributed by atoms with Gasteiger partial charge in [-0.2, -0.15) is 0 Å². The molecule has 0 unspecified atom stereocenters. The van der Waals surface area contributed by atoms with E-state index in [1.54, 1.807) is 0 Å². The predicted octanol–water partition coefficient (Wildman–Crippen LogP) is 3.53. The molecule has 2 heterocycles. The lowest BCUT2D eigenvalue weighted by atomic mass is 9.99. The molecule has 2 aliphatic rings. The number of anilines is 1. The number of aliphatic hydroxyl groups excluding tert-OH is 1. The Hall–Kier alpha value is -2.43. The lowest BCUT2D eigenvalue weighted by molar-refractivity contribution is 0.0792. The summed E-state index contributed by atoms with van der Waals surface area (Å²) in [5.74, 6) is 0. The van der Waals surface area contributed by atoms with Crippen molar-refractivity contribution in [2.75, 3.05) is 25.0 Å². The highest BCUT2D eigenvalue weighted by Gasteiger charge is 2.16. The standard InChI is InChI=1S/C22H25N3O/c26-21-9-11-25(12-10-21)16-17-5-7-20(8-6-17)24-15-19-14-23-13-18-3-1-2-4-22(18)19/h1-8,13,15,21,24,26H,9-12,14,16H2/b19-15+. The number of rotatable bonds is 4. The van der Waals surface area contributed by atoms with Crippen molar-refractivity contribution in [3.63, 3.8) is 0 Å². The van der Waals surface area contributed by atoms with Crippen LogP contribution in [0.2, 0.25) is 0 Å². The fraction of sp³-hybridized carbons (Fsp3) is 0.318. The van der Waals surface area contributed by atoms with Crippen LogP contribution in [0, 0.1) is 0 Å². The number of hydrogen-bond donors (Lipinski definition) is 2. The number of aliphatic imine (C=N–C) groups is 1. The maximum absolute atomic E-state index is 9.61. The molecule has 0 bridgehead atoms. The van der Waals surface area contributed by atoms with E-state index >= 15 is 0 Å². The quantitative estimate of drug-likeness (QED) is 0.889. The van der Waals surface area contributed by atoms with Crippen molar-refractivity contribution in [1.29, 1.82) is 0 Å². The number of fused-ring (bicyclic) bond motifs is 1. The third-order valence-electron chi connectivity index (χ3n) is 5.13. The van der Waals surface area contributed by atoms with Gasteiger partial charge in [0.15, 0.2) is 0 Å². The summed E-state index contributed by atoms with van der Waals surface area (Å²) in [6.45, 7) is 3.62. The van der Waals surface area contributed by atoms with E-state index in [1.807, 2.05) is 12.3 Å². The molecule has 0 spiro atoms. The van der Waals surface area contributed by atoms with Crippen LogP contribution in [0.15, 0.2) is 59.7 Å². The van der Waals surface area contributed by atoms with Gasteiger partial charge in [-0.25, -0.2) is 0 Å². The van der Waals surface area contributed by atoms with E-state index in [2.05, 4.69) is 63.9 Å². The molecule has 4 heteroatoms. The van der Waals surface area contributed by atoms with Crippen LogP contribution in [0.5, 0.6) is 0 Å². The Labute approximate surface area is 154 Å². The van der Waals surface area contributed by atoms with Crippen molar-refractivity contribution < 1.29 is 5.11 Å². The van der Waals surface area contributed by atoms with Gasteiger partial charge >= 0.3 is 0 Å². The van der Waals surface area contributed by atoms with Gasteiger partial charge in [-0.05, 0) is 47.2 Å². The van der Waals surface area contributed by atoms with Gasteiger partial charge in [0.05, 0.1) is 12.6 Å². The first-order valence-corrected chi connectivity index (χ1v) is 9.32. The summed E-state index contributed by atoms with van der Waals surface area (Å²) < 4.78 is 0. The van der Waals surface area contributed by atoms with E-state index < -0.39 is 0 Å². The van der Waals surface area contributed by atoms with Crippen molar-refractivity contribution in [2.45, 2.75) is 25.5 Å². The topological polar surface area (TPSA) is 47.9 Å². The highest BCUT2D eigenvalue weighted by Crippen LogP contribution is 2.23. The van der Waals surface area contributed by atoms with E-state index in [1.165, 1.54) is 22.3 Å². The second-order valence-electron chi connectivity index (χ2n) is 7.08. The molecular formula is C22H25N3O. The lowest BCUT2D eigenvalue weighted by Crippen LogP contribution is -2.35. The van der Waals surface area contributed by atoms with Crippen LogP contribution in [-0.4, -0.2) is 42.0 Å². The SMILES string of the molecule is OC1CCN(Cc2ccc(N/C=C3\CN=Cc4ccccc43)cc2)CC1. The van der Waals surface area contributed by atoms with Crippen molar-refractivity contribution in [3.8, 4) is 0 Å². The summed E-state index contributed by atoms with van der Waals surface area (Å²) in [7, 11) is 0. The Balaban J connectivity index is 1.38. The molecule has 134 valence electrons. The Bertz CT molecular complexity index is 802. The van der Waals surface area contributed by atoms with E-state index in [0.717, 1.165) is 38.2 Å². The Morgan fingerprint density at radius 1 is 1.08 bits per heavy atom. The van der Waals surface area contributed by atoms with Gasteiger partial charge in [0.1, 0.15) is 0 Å². The lowest BCUT2D eigenvalue weighted by Gasteiger charge is -2.29. The average Bonchev–Trinajstić information content (AvgIpc) is 2.69. The molecule has 0 amide bonds. The third kappa shape index (κ3) is 4.03. The molecule has 0 atom stereocenters. The summed E-state index contributed by atoms with van der Waals surface area (Å²) in [5.41, 5.74) is 6.03. The summed E-state index contributed by atoms with van der Waals surface area (Å²) in [6.07, 6.45) is 5.67. The monoisotopic (exact) mass is 347 g/mol. The maximum atomic E-state index is 9.61. The minimum absolute atomic E-state index is 0.111. The van der Waals surface area contributed by atoms with Crippen LogP contribution < -0.4 is 5.32 Å². The zero-order valence-electron chi connectivity index (χ0n) is 14.9. The maximum Gasteiger partial charge on any atom is 0.0660 e. The first kappa shape index (κ1) is 17.0. The minimum atomic E-state index is -0.111. The highest BCUT2D eigenvalue weighted by atomic mass is 16.3. The van der Waals surface area contributed by atoms with Gasteiger partial charge in [-0.3, -0.25) is 9.89 Å². The first-order valence-electron chi connectivity index (χ1n) is 9.32. The number of likely N-dealkylation sites (tertiary alicyclic amines) is 1. The van der Waals surface area contributed by atoms with Gasteiger partial charge in [-0.1, -0.05) is 36.4 Å². The summed E-state index contributed by atoms with van der Waals surface area (Å²) in [6, 6.07) is 17.0. The van der Waals surface area contributed by atoms with Gasteiger partial charge in [0.2, 0.25) is 0 Å². The molecule has 4 nitrogen and oxygen atoms in total. The smallest absolute Gasteiger partial charge is 0.0660 e. The molecular weight excluding hydrogens is 322 g/mol. The molecule has 0 aliphatic carbocycles. The van der Waals surface area contributed by atoms with Crippen molar-refractivity contribution >= 4 is 17.5 Å². The number of benzene rings is 2. The Kier molecular flexibility index (Phi) is 5.14. The van der Waals surface area contributed by atoms with Gasteiger partial charge in [-0.15, -0.1) is 0 Å². The molecule has 0 aromatic heterocycles. The number of piperidine rings is 1. The van der Waals surface area contributed by atoms with Crippen LogP contribution >= 0.6 is 0 Å². The zero-order valence-corrected chi connectivity index (χ0v) is 14.9. The molecule has 2 aromatic rings. The fourth-order valence-electron chi connectivity index (χ4n) is 3.57. The molecule has 2 aromatic carbocycles. The first-order chi connectivity index (χ1) is 12.8. The Morgan fingerprint density at radius 2 is 1.85 bits per heavy atom. The van der Waals surface area contributed by atoms with Gasteiger partial charge in [0, 0.05) is 37.7 Å². The largest absolute Gasteiger partial charge is 0.393 e. The minimum Gasteiger partial charge on any atom is -0.393 e. The summed E-state index contributed by atoms with van der Waals surface area (Å²) >= 11 is 0.